The van der Waals surface area contributed by atoms with Gasteiger partial charge in [-0.1, -0.05) is 0 Å². The summed E-state index contributed by atoms with van der Waals surface area (Å²) in [6.07, 6.45) is 0.603. The van der Waals surface area contributed by atoms with Crippen LogP contribution in [0, 0.1) is 0 Å². The first-order chi connectivity index (χ1) is 32.9. The van der Waals surface area contributed by atoms with Crippen LogP contribution in [0.5, 0.6) is 0 Å². The molecule has 1 fully saturated rings. The molecule has 5 aliphatic rings. The zero-order chi connectivity index (χ0) is 38.9. The van der Waals surface area contributed by atoms with Crippen LogP contribution in [-0.2, 0) is 20.5 Å². The van der Waals surface area contributed by atoms with Gasteiger partial charge in [0.25, 0.3) is 0 Å². The third-order valence-corrected chi connectivity index (χ3v) is 24.5. The van der Waals surface area contributed by atoms with Crippen molar-refractivity contribution in [3.8, 4) is 0 Å². The quantitative estimate of drug-likeness (QED) is 0.162. The van der Waals surface area contributed by atoms with Crippen molar-refractivity contribution in [2.24, 2.45) is 0 Å². The molecule has 0 radical (unpaired) electrons. The summed E-state index contributed by atoms with van der Waals surface area (Å²) in [5.74, 6) is 0. The summed E-state index contributed by atoms with van der Waals surface area (Å²) in [5, 5.41) is 88.2. The van der Waals surface area contributed by atoms with Gasteiger partial charge in [0.2, 0.25) is 0 Å². The number of hydrogen-bond donors (Lipinski definition) is 0. The van der Waals surface area contributed by atoms with Crippen molar-refractivity contribution in [2.75, 3.05) is 6.61 Å². The SMILES string of the molecule is CCOC1CC23c4c5c6c7c8c9c(c%10c%11c2c2c4c4c%12c5c5c6c6c8c8c%13c9c9c%10c%10c%11c%11c2c2c4c4c%12c%12c5c5c6c8c6c8c%13c9c9c%10c%10c%11c2c2c4c4c%12c5c6c5c8c9c%10c2c45)C73O1. The fourth-order valence-corrected chi connectivity index (χ4v) is 24.7. The minimum absolute atomic E-state index is 0.283. The first-order valence-electron chi connectivity index (χ1n) is 24.9. The summed E-state index contributed by atoms with van der Waals surface area (Å²) in [6.45, 7) is 2.86. The molecule has 28 aromatic rings. The van der Waals surface area contributed by atoms with Crippen molar-refractivity contribution in [3.05, 3.63) is 22.3 Å². The highest BCUT2D eigenvalue weighted by molar-refractivity contribution is 6.82. The maximum atomic E-state index is 8.36. The molecule has 4 aliphatic carbocycles. The molecular formula is C64H8O2. The Morgan fingerprint density at radius 2 is 0.439 bits per heavy atom. The lowest BCUT2D eigenvalue weighted by molar-refractivity contribution is -0.158. The van der Waals surface area contributed by atoms with Crippen LogP contribution in [0.25, 0.3) is 291 Å². The van der Waals surface area contributed by atoms with Gasteiger partial charge >= 0.3 is 0 Å². The second-order valence-corrected chi connectivity index (χ2v) is 24.5. The van der Waals surface area contributed by atoms with E-state index in [1.54, 1.807) is 313 Å². The van der Waals surface area contributed by atoms with Gasteiger partial charge in [-0.25, -0.2) is 0 Å². The topological polar surface area (TPSA) is 18.5 Å². The van der Waals surface area contributed by atoms with E-state index in [0.29, 0.717) is 6.61 Å². The van der Waals surface area contributed by atoms with Crippen molar-refractivity contribution < 1.29 is 9.47 Å². The van der Waals surface area contributed by atoms with Crippen LogP contribution >= 0.6 is 0 Å². The lowest BCUT2D eigenvalue weighted by atomic mass is 9.54. The molecule has 0 N–H and O–H groups in total. The predicted octanol–water partition coefficient (Wildman–Crippen LogP) is 17.0. The Hall–Kier alpha value is -7.62. The monoisotopic (exact) mass is 808 g/mol. The molecule has 2 heteroatoms. The van der Waals surface area contributed by atoms with Crippen LogP contribution in [0.15, 0.2) is 0 Å². The summed E-state index contributed by atoms with van der Waals surface area (Å²) in [4.78, 5) is 0. The molecule has 28 aromatic carbocycles. The van der Waals surface area contributed by atoms with Crippen LogP contribution in [-0.4, -0.2) is 12.9 Å². The Balaban J connectivity index is 1.24. The maximum Gasteiger partial charge on any atom is 0.160 e. The van der Waals surface area contributed by atoms with E-state index in [1.165, 1.54) is 0 Å². The van der Waals surface area contributed by atoms with Crippen LogP contribution < -0.4 is 0 Å². The van der Waals surface area contributed by atoms with Gasteiger partial charge in [-0.2, -0.15) is 0 Å². The fourth-order valence-electron chi connectivity index (χ4n) is 24.7. The number of ether oxygens (including phenoxy) is 2. The van der Waals surface area contributed by atoms with E-state index in [2.05, 4.69) is 6.92 Å². The van der Waals surface area contributed by atoms with Gasteiger partial charge < -0.3 is 9.47 Å². The second kappa shape index (κ2) is 5.31. The molecule has 66 heavy (non-hydrogen) atoms. The standard InChI is InChI=1S/C64H8O2/c1-2-65-4-3-63-59-51-43-33-23-15-7-5-6-9-13-11(7)19-27-21(13)31-25-17(9)18-10(6)14-12-8(5)16(15)24-30-20(12)28-22(14)32-26(18)36-35(25)47-41(31)49-39(27)45(37(43)29(19)23)53(59)55(49)61-57(47)58-48(36)42(32)50-40(28)46-38(30)44(34(24)33)52(51)60(63)54(46)56(50)62(58)64(61,63)66-4/h4H,2-3H2,1H3. The van der Waals surface area contributed by atoms with E-state index < -0.39 is 5.60 Å². The van der Waals surface area contributed by atoms with Crippen molar-refractivity contribution in [2.45, 2.75) is 30.7 Å². The zero-order valence-corrected chi connectivity index (χ0v) is 33.8. The molecule has 0 amide bonds. The predicted molar refractivity (Wildman–Crippen MR) is 275 cm³/mol. The fraction of sp³-hybridized carbons (Fsp3) is 0.0938. The average molecular weight is 809 g/mol. The number of hydrogen-bond acceptors (Lipinski definition) is 2. The molecule has 1 atom stereocenters. The van der Waals surface area contributed by atoms with Crippen LogP contribution in [0.1, 0.15) is 35.6 Å². The number of rotatable bonds is 2. The van der Waals surface area contributed by atoms with E-state index in [0.717, 1.165) is 6.42 Å². The molecule has 2 spiro atoms. The molecule has 1 unspecified atom stereocenters. The lowest BCUT2D eigenvalue weighted by Gasteiger charge is -2.48. The Kier molecular flexibility index (Phi) is 1.93. The Morgan fingerprint density at radius 3 is 0.621 bits per heavy atom. The van der Waals surface area contributed by atoms with E-state index in [4.69, 9.17) is 9.47 Å². The third kappa shape index (κ3) is 1.21. The lowest BCUT2D eigenvalue weighted by Crippen LogP contribution is -2.48. The second-order valence-electron chi connectivity index (χ2n) is 24.5. The van der Waals surface area contributed by atoms with E-state index in [9.17, 15) is 0 Å². The smallest absolute Gasteiger partial charge is 0.160 e. The van der Waals surface area contributed by atoms with Crippen molar-refractivity contribution >= 4 is 291 Å². The minimum atomic E-state index is -0.655. The summed E-state index contributed by atoms with van der Waals surface area (Å²) >= 11 is 0. The summed E-state index contributed by atoms with van der Waals surface area (Å²) in [7, 11) is 0. The van der Waals surface area contributed by atoms with Crippen molar-refractivity contribution in [1.29, 1.82) is 0 Å². The van der Waals surface area contributed by atoms with Gasteiger partial charge in [-0.05, 0) is 309 Å². The third-order valence-electron chi connectivity index (χ3n) is 24.5. The van der Waals surface area contributed by atoms with Gasteiger partial charge in [0.15, 0.2) is 6.29 Å². The zero-order valence-electron chi connectivity index (χ0n) is 33.8. The normalized spacial score (nSPS) is 24.4. The van der Waals surface area contributed by atoms with Crippen molar-refractivity contribution in [1.82, 2.24) is 0 Å². The van der Waals surface area contributed by atoms with E-state index in [-0.39, 0.29) is 11.7 Å². The summed E-state index contributed by atoms with van der Waals surface area (Å²) in [6, 6.07) is 0. The van der Waals surface area contributed by atoms with E-state index in [1.807, 2.05) is 0 Å². The van der Waals surface area contributed by atoms with Gasteiger partial charge in [-0.3, -0.25) is 0 Å². The molecular weight excluding hydrogens is 801 g/mol. The molecule has 1 aliphatic heterocycles. The number of benzene rings is 18. The van der Waals surface area contributed by atoms with Gasteiger partial charge in [0.05, 0.1) is 5.41 Å². The van der Waals surface area contributed by atoms with Crippen molar-refractivity contribution in [3.63, 3.8) is 0 Å². The first-order valence-corrected chi connectivity index (χ1v) is 24.9. The Morgan fingerprint density at radius 1 is 0.273 bits per heavy atom. The Labute approximate surface area is 358 Å². The molecule has 0 aromatic heterocycles. The highest BCUT2D eigenvalue weighted by atomic mass is 16.7. The summed E-state index contributed by atoms with van der Waals surface area (Å²) in [5.41, 5.74) is 5.44. The molecule has 1 heterocycles. The highest BCUT2D eigenvalue weighted by Crippen LogP contribution is 2.86. The molecule has 0 saturated carbocycles. The average Bonchev–Trinajstić information content (AvgIpc) is 4.17. The first kappa shape index (κ1) is 24.1. The highest BCUT2D eigenvalue weighted by Gasteiger charge is 2.74. The van der Waals surface area contributed by atoms with Crippen LogP contribution in [0.4, 0.5) is 0 Å². The molecule has 0 bridgehead atoms. The van der Waals surface area contributed by atoms with Gasteiger partial charge in [-0.15, -0.1) is 0 Å². The molecule has 33 rings (SSSR count). The largest absolute Gasteiger partial charge is 0.353 e. The molecule has 2 nitrogen and oxygen atoms in total. The summed E-state index contributed by atoms with van der Waals surface area (Å²) < 4.78 is 15.4. The van der Waals surface area contributed by atoms with Gasteiger partial charge in [0.1, 0.15) is 5.60 Å². The van der Waals surface area contributed by atoms with Gasteiger partial charge in [0, 0.05) is 24.2 Å². The Bertz CT molecular complexity index is 6430. The molecule has 1 saturated heterocycles. The molecule has 276 valence electrons. The van der Waals surface area contributed by atoms with Crippen LogP contribution in [0.2, 0.25) is 0 Å². The maximum absolute atomic E-state index is 8.36. The minimum Gasteiger partial charge on any atom is -0.353 e. The van der Waals surface area contributed by atoms with E-state index >= 15 is 0 Å². The van der Waals surface area contributed by atoms with Crippen LogP contribution in [0.3, 0.4) is 0 Å².